The standard InChI is InChI=1S/C15H22FNO2/c1-15(2,8-9-18)11-17-14(19)7-6-12-4-3-5-13(16)10-12/h3-5,10,18H,6-9,11H2,1-2H3,(H,17,19). The zero-order valence-electron chi connectivity index (χ0n) is 11.6. The minimum Gasteiger partial charge on any atom is -0.396 e. The van der Waals surface area contributed by atoms with E-state index in [4.69, 9.17) is 5.11 Å². The molecule has 0 saturated heterocycles. The van der Waals surface area contributed by atoms with E-state index in [1.807, 2.05) is 19.9 Å². The summed E-state index contributed by atoms with van der Waals surface area (Å²) in [5.41, 5.74) is 0.716. The molecule has 1 rings (SSSR count). The van der Waals surface area contributed by atoms with E-state index in [1.54, 1.807) is 6.07 Å². The lowest BCUT2D eigenvalue weighted by Crippen LogP contribution is -2.34. The number of carbonyl (C=O) groups is 1. The Morgan fingerprint density at radius 3 is 2.79 bits per heavy atom. The smallest absolute Gasteiger partial charge is 0.220 e. The van der Waals surface area contributed by atoms with Crippen LogP contribution >= 0.6 is 0 Å². The fourth-order valence-electron chi connectivity index (χ4n) is 1.77. The normalized spacial score (nSPS) is 11.4. The van der Waals surface area contributed by atoms with Crippen LogP contribution in [0.25, 0.3) is 0 Å². The van der Waals surface area contributed by atoms with Gasteiger partial charge >= 0.3 is 0 Å². The van der Waals surface area contributed by atoms with Gasteiger partial charge in [-0.2, -0.15) is 0 Å². The van der Waals surface area contributed by atoms with Gasteiger partial charge in [0.05, 0.1) is 0 Å². The average molecular weight is 267 g/mol. The van der Waals surface area contributed by atoms with E-state index < -0.39 is 0 Å². The number of aliphatic hydroxyl groups is 1. The summed E-state index contributed by atoms with van der Waals surface area (Å²) in [6, 6.07) is 6.29. The summed E-state index contributed by atoms with van der Waals surface area (Å²) in [7, 11) is 0. The van der Waals surface area contributed by atoms with Crippen molar-refractivity contribution in [1.29, 1.82) is 0 Å². The van der Waals surface area contributed by atoms with Crippen LogP contribution in [-0.4, -0.2) is 24.2 Å². The second-order valence-corrected chi connectivity index (χ2v) is 5.54. The highest BCUT2D eigenvalue weighted by Crippen LogP contribution is 2.18. The summed E-state index contributed by atoms with van der Waals surface area (Å²) in [4.78, 5) is 11.7. The lowest BCUT2D eigenvalue weighted by molar-refractivity contribution is -0.121. The van der Waals surface area contributed by atoms with E-state index in [1.165, 1.54) is 12.1 Å². The van der Waals surface area contributed by atoms with Crippen molar-refractivity contribution < 1.29 is 14.3 Å². The van der Waals surface area contributed by atoms with Crippen LogP contribution in [0.15, 0.2) is 24.3 Å². The lowest BCUT2D eigenvalue weighted by Gasteiger charge is -2.23. The van der Waals surface area contributed by atoms with Crippen LogP contribution in [0.2, 0.25) is 0 Å². The number of hydrogen-bond acceptors (Lipinski definition) is 2. The first-order valence-corrected chi connectivity index (χ1v) is 6.55. The van der Waals surface area contributed by atoms with Crippen LogP contribution in [0.1, 0.15) is 32.3 Å². The molecule has 0 radical (unpaired) electrons. The van der Waals surface area contributed by atoms with Crippen molar-refractivity contribution in [2.45, 2.75) is 33.1 Å². The number of aryl methyl sites for hydroxylation is 1. The van der Waals surface area contributed by atoms with Gasteiger partial charge in [0.25, 0.3) is 0 Å². The molecule has 106 valence electrons. The Balaban J connectivity index is 2.32. The molecule has 0 spiro atoms. The number of carbonyl (C=O) groups excluding carboxylic acids is 1. The molecule has 0 aliphatic heterocycles. The minimum atomic E-state index is -0.276. The Labute approximate surface area is 113 Å². The van der Waals surface area contributed by atoms with Gasteiger partial charge in [-0.05, 0) is 36.0 Å². The SMILES string of the molecule is CC(C)(CCO)CNC(=O)CCc1cccc(F)c1. The molecule has 0 aromatic heterocycles. The Morgan fingerprint density at radius 2 is 2.16 bits per heavy atom. The molecule has 0 aliphatic rings. The minimum absolute atomic E-state index is 0.0460. The van der Waals surface area contributed by atoms with E-state index in [0.29, 0.717) is 25.8 Å². The number of aliphatic hydroxyl groups excluding tert-OH is 1. The van der Waals surface area contributed by atoms with Gasteiger partial charge < -0.3 is 10.4 Å². The van der Waals surface area contributed by atoms with Crippen molar-refractivity contribution in [2.75, 3.05) is 13.2 Å². The first kappa shape index (κ1) is 15.6. The fourth-order valence-corrected chi connectivity index (χ4v) is 1.77. The zero-order valence-corrected chi connectivity index (χ0v) is 11.6. The Kier molecular flexibility index (Phi) is 5.96. The first-order valence-electron chi connectivity index (χ1n) is 6.55. The molecule has 0 fully saturated rings. The van der Waals surface area contributed by atoms with Gasteiger partial charge in [-0.25, -0.2) is 4.39 Å². The van der Waals surface area contributed by atoms with Crippen LogP contribution in [0.4, 0.5) is 4.39 Å². The zero-order chi connectivity index (χ0) is 14.3. The van der Waals surface area contributed by atoms with Gasteiger partial charge in [-0.15, -0.1) is 0 Å². The van der Waals surface area contributed by atoms with Crippen molar-refractivity contribution in [1.82, 2.24) is 5.32 Å². The third-order valence-corrected chi connectivity index (χ3v) is 3.08. The molecular formula is C15H22FNO2. The van der Waals surface area contributed by atoms with Gasteiger partial charge in [0.1, 0.15) is 5.82 Å². The molecule has 19 heavy (non-hydrogen) atoms. The number of amides is 1. The van der Waals surface area contributed by atoms with E-state index in [9.17, 15) is 9.18 Å². The van der Waals surface area contributed by atoms with Crippen molar-refractivity contribution >= 4 is 5.91 Å². The van der Waals surface area contributed by atoms with Gasteiger partial charge in [0.15, 0.2) is 0 Å². The topological polar surface area (TPSA) is 49.3 Å². The highest BCUT2D eigenvalue weighted by atomic mass is 19.1. The van der Waals surface area contributed by atoms with Crippen molar-refractivity contribution in [3.63, 3.8) is 0 Å². The molecular weight excluding hydrogens is 245 g/mol. The summed E-state index contributed by atoms with van der Waals surface area (Å²) < 4.78 is 13.0. The molecule has 1 amide bonds. The molecule has 4 heteroatoms. The van der Waals surface area contributed by atoms with Gasteiger partial charge in [0.2, 0.25) is 5.91 Å². The molecule has 3 nitrogen and oxygen atoms in total. The van der Waals surface area contributed by atoms with Crippen LogP contribution in [0, 0.1) is 11.2 Å². The number of hydrogen-bond donors (Lipinski definition) is 2. The summed E-state index contributed by atoms with van der Waals surface area (Å²) in [5, 5.41) is 11.7. The molecule has 1 aromatic rings. The summed E-state index contributed by atoms with van der Waals surface area (Å²) in [5.74, 6) is -0.322. The first-order chi connectivity index (χ1) is 8.93. The third-order valence-electron chi connectivity index (χ3n) is 3.08. The number of halogens is 1. The highest BCUT2D eigenvalue weighted by Gasteiger charge is 2.17. The van der Waals surface area contributed by atoms with E-state index in [0.717, 1.165) is 5.56 Å². The molecule has 0 heterocycles. The molecule has 1 aromatic carbocycles. The maximum atomic E-state index is 13.0. The molecule has 0 bridgehead atoms. The molecule has 0 aliphatic carbocycles. The Morgan fingerprint density at radius 1 is 1.42 bits per heavy atom. The van der Waals surface area contributed by atoms with Crippen molar-refractivity contribution in [3.8, 4) is 0 Å². The number of nitrogens with one attached hydrogen (secondary N) is 1. The summed E-state index contributed by atoms with van der Waals surface area (Å²) in [6.45, 7) is 4.65. The molecule has 0 atom stereocenters. The van der Waals surface area contributed by atoms with Crippen LogP contribution < -0.4 is 5.32 Å². The summed E-state index contributed by atoms with van der Waals surface area (Å²) in [6.07, 6.45) is 1.53. The van der Waals surface area contributed by atoms with Crippen LogP contribution in [-0.2, 0) is 11.2 Å². The van der Waals surface area contributed by atoms with Gasteiger partial charge in [-0.1, -0.05) is 26.0 Å². The highest BCUT2D eigenvalue weighted by molar-refractivity contribution is 5.76. The Hall–Kier alpha value is -1.42. The Bertz CT molecular complexity index is 418. The predicted octanol–water partition coefficient (Wildman–Crippen LogP) is 2.28. The largest absolute Gasteiger partial charge is 0.396 e. The molecule has 0 saturated carbocycles. The maximum absolute atomic E-state index is 13.0. The van der Waals surface area contributed by atoms with E-state index >= 15 is 0 Å². The third kappa shape index (κ3) is 6.34. The van der Waals surface area contributed by atoms with Crippen LogP contribution in [0.3, 0.4) is 0 Å². The van der Waals surface area contributed by atoms with E-state index in [-0.39, 0.29) is 23.7 Å². The number of benzene rings is 1. The predicted molar refractivity (Wildman–Crippen MR) is 73.2 cm³/mol. The second kappa shape index (κ2) is 7.24. The second-order valence-electron chi connectivity index (χ2n) is 5.54. The fraction of sp³-hybridized carbons (Fsp3) is 0.533. The maximum Gasteiger partial charge on any atom is 0.220 e. The quantitative estimate of drug-likeness (QED) is 0.796. The van der Waals surface area contributed by atoms with Crippen molar-refractivity contribution in [3.05, 3.63) is 35.6 Å². The van der Waals surface area contributed by atoms with Gasteiger partial charge in [0, 0.05) is 19.6 Å². The summed E-state index contributed by atoms with van der Waals surface area (Å²) >= 11 is 0. The van der Waals surface area contributed by atoms with Crippen LogP contribution in [0.5, 0.6) is 0 Å². The van der Waals surface area contributed by atoms with Gasteiger partial charge in [-0.3, -0.25) is 4.79 Å². The number of rotatable bonds is 7. The average Bonchev–Trinajstić information content (AvgIpc) is 2.34. The molecule has 0 unspecified atom stereocenters. The van der Waals surface area contributed by atoms with Crippen molar-refractivity contribution in [2.24, 2.45) is 5.41 Å². The monoisotopic (exact) mass is 267 g/mol. The molecule has 2 N–H and O–H groups in total. The lowest BCUT2D eigenvalue weighted by atomic mass is 9.90. The van der Waals surface area contributed by atoms with E-state index in [2.05, 4.69) is 5.32 Å².